The number of aromatic nitrogens is 5. The number of anilines is 1. The molecule has 0 aliphatic heterocycles. The summed E-state index contributed by atoms with van der Waals surface area (Å²) in [5.74, 6) is 1.24. The van der Waals surface area contributed by atoms with Crippen molar-refractivity contribution in [3.8, 4) is 23.1 Å². The topological polar surface area (TPSA) is 107 Å². The molecule has 7 nitrogen and oxygen atoms in total. The zero-order chi connectivity index (χ0) is 12.7. The highest BCUT2D eigenvalue weighted by atomic mass is 32.1. The quantitative estimate of drug-likeness (QED) is 0.729. The fourth-order valence-corrected chi connectivity index (χ4v) is 2.58. The lowest BCUT2D eigenvalue weighted by Crippen LogP contribution is -1.87. The van der Waals surface area contributed by atoms with Crippen molar-refractivity contribution in [2.24, 2.45) is 0 Å². The van der Waals surface area contributed by atoms with E-state index in [1.807, 2.05) is 13.8 Å². The van der Waals surface area contributed by atoms with Gasteiger partial charge in [-0.05, 0) is 19.4 Å². The Bertz CT molecular complexity index is 683. The van der Waals surface area contributed by atoms with Crippen molar-refractivity contribution >= 4 is 16.3 Å². The molecule has 3 N–H and O–H groups in total. The first kappa shape index (κ1) is 10.9. The molecule has 3 aromatic rings. The van der Waals surface area contributed by atoms with Crippen molar-refractivity contribution in [1.29, 1.82) is 0 Å². The van der Waals surface area contributed by atoms with Gasteiger partial charge < -0.3 is 10.3 Å². The minimum absolute atomic E-state index is 0.366. The van der Waals surface area contributed by atoms with Crippen molar-refractivity contribution in [3.63, 3.8) is 0 Å². The van der Waals surface area contributed by atoms with Gasteiger partial charge in [0.15, 0.2) is 5.82 Å². The van der Waals surface area contributed by atoms with Gasteiger partial charge in [-0.1, -0.05) is 5.16 Å². The lowest BCUT2D eigenvalue weighted by atomic mass is 10.1. The Morgan fingerprint density at radius 1 is 1.39 bits per heavy atom. The van der Waals surface area contributed by atoms with E-state index in [1.165, 1.54) is 17.7 Å². The molecule has 0 saturated carbocycles. The molecule has 0 atom stereocenters. The molecule has 3 rings (SSSR count). The maximum atomic E-state index is 5.96. The van der Waals surface area contributed by atoms with Crippen LogP contribution in [0.15, 0.2) is 10.9 Å². The molecule has 18 heavy (non-hydrogen) atoms. The van der Waals surface area contributed by atoms with E-state index in [-0.39, 0.29) is 0 Å². The third kappa shape index (κ3) is 1.58. The van der Waals surface area contributed by atoms with Crippen molar-refractivity contribution in [1.82, 2.24) is 25.3 Å². The van der Waals surface area contributed by atoms with Gasteiger partial charge in [-0.15, -0.1) is 11.3 Å². The fourth-order valence-electron chi connectivity index (χ4n) is 1.65. The number of rotatable bonds is 2. The minimum atomic E-state index is 0.366. The third-order valence-corrected chi connectivity index (χ3v) is 3.72. The van der Waals surface area contributed by atoms with Gasteiger partial charge in [0.2, 0.25) is 5.82 Å². The molecule has 0 amide bonds. The molecule has 8 heteroatoms. The van der Waals surface area contributed by atoms with Gasteiger partial charge in [0.1, 0.15) is 6.33 Å². The first-order valence-corrected chi connectivity index (χ1v) is 6.03. The van der Waals surface area contributed by atoms with E-state index in [2.05, 4.69) is 25.3 Å². The Morgan fingerprint density at radius 2 is 2.22 bits per heavy atom. The van der Waals surface area contributed by atoms with Crippen LogP contribution in [0.4, 0.5) is 5.00 Å². The van der Waals surface area contributed by atoms with Gasteiger partial charge in [-0.25, -0.2) is 4.98 Å². The molecule has 0 spiro atoms. The molecule has 0 unspecified atom stereocenters. The number of nitrogens with two attached hydrogens (primary N) is 1. The van der Waals surface area contributed by atoms with Crippen molar-refractivity contribution in [2.45, 2.75) is 13.8 Å². The summed E-state index contributed by atoms with van der Waals surface area (Å²) in [4.78, 5) is 9.38. The number of hydrogen-bond donors (Lipinski definition) is 2. The Balaban J connectivity index is 2.08. The van der Waals surface area contributed by atoms with E-state index in [0.29, 0.717) is 22.5 Å². The first-order chi connectivity index (χ1) is 8.66. The van der Waals surface area contributed by atoms with Crippen LogP contribution in [0.5, 0.6) is 0 Å². The zero-order valence-corrected chi connectivity index (χ0v) is 10.6. The molecule has 3 aromatic heterocycles. The van der Waals surface area contributed by atoms with Crippen LogP contribution >= 0.6 is 11.3 Å². The second-order valence-corrected chi connectivity index (χ2v) is 5.04. The molecule has 0 bridgehead atoms. The number of hydrogen-bond acceptors (Lipinski definition) is 7. The third-order valence-electron chi connectivity index (χ3n) is 2.68. The predicted molar refractivity (Wildman–Crippen MR) is 66.9 cm³/mol. The summed E-state index contributed by atoms with van der Waals surface area (Å²) in [6, 6.07) is 0. The summed E-state index contributed by atoms with van der Waals surface area (Å²) < 4.78 is 5.23. The van der Waals surface area contributed by atoms with Gasteiger partial charge in [0.05, 0.1) is 10.6 Å². The number of aryl methyl sites for hydroxylation is 1. The Hall–Kier alpha value is -2.22. The largest absolute Gasteiger partial charge is 0.390 e. The van der Waals surface area contributed by atoms with Crippen LogP contribution in [0.2, 0.25) is 0 Å². The highest BCUT2D eigenvalue weighted by molar-refractivity contribution is 7.16. The monoisotopic (exact) mass is 262 g/mol. The van der Waals surface area contributed by atoms with Crippen molar-refractivity contribution in [2.75, 3.05) is 5.73 Å². The molecular weight excluding hydrogens is 252 g/mol. The molecule has 0 saturated heterocycles. The Kier molecular flexibility index (Phi) is 2.37. The maximum absolute atomic E-state index is 5.96. The SMILES string of the molecule is Cc1sc(N)c(-c2nc(-c3ncn[nH]3)no2)c1C. The Morgan fingerprint density at radius 3 is 2.83 bits per heavy atom. The summed E-state index contributed by atoms with van der Waals surface area (Å²) in [6.07, 6.45) is 1.39. The summed E-state index contributed by atoms with van der Waals surface area (Å²) in [5.41, 5.74) is 7.82. The predicted octanol–water partition coefficient (Wildman–Crippen LogP) is 1.78. The van der Waals surface area contributed by atoms with Crippen LogP contribution in [0.1, 0.15) is 10.4 Å². The van der Waals surface area contributed by atoms with Crippen LogP contribution in [0.3, 0.4) is 0 Å². The van der Waals surface area contributed by atoms with Crippen molar-refractivity contribution < 1.29 is 4.52 Å². The van der Waals surface area contributed by atoms with Gasteiger partial charge in [-0.3, -0.25) is 5.10 Å². The molecular formula is C10H10N6OS. The molecule has 0 fully saturated rings. The summed E-state index contributed by atoms with van der Waals surface area (Å²) in [7, 11) is 0. The molecule has 0 radical (unpaired) electrons. The number of thiophene rings is 1. The number of nitrogen functional groups attached to an aromatic ring is 1. The number of H-pyrrole nitrogens is 1. The van der Waals surface area contributed by atoms with Gasteiger partial charge in [-0.2, -0.15) is 10.1 Å². The van der Waals surface area contributed by atoms with Gasteiger partial charge in [0.25, 0.3) is 5.89 Å². The van der Waals surface area contributed by atoms with Crippen LogP contribution in [0.25, 0.3) is 23.1 Å². The average Bonchev–Trinajstić information content (AvgIpc) is 3.01. The molecule has 3 heterocycles. The van der Waals surface area contributed by atoms with E-state index in [1.54, 1.807) is 0 Å². The van der Waals surface area contributed by atoms with E-state index in [9.17, 15) is 0 Å². The number of aromatic amines is 1. The standard InChI is InChI=1S/C10H10N6OS/c1-4-5(2)18-7(11)6(4)10-14-9(16-17-10)8-12-3-13-15-8/h3H,11H2,1-2H3,(H,12,13,15). The van der Waals surface area contributed by atoms with E-state index in [4.69, 9.17) is 10.3 Å². The number of nitrogens with zero attached hydrogens (tertiary/aromatic N) is 4. The highest BCUT2D eigenvalue weighted by Crippen LogP contribution is 2.37. The van der Waals surface area contributed by atoms with E-state index >= 15 is 0 Å². The molecule has 0 aromatic carbocycles. The van der Waals surface area contributed by atoms with Crippen LogP contribution in [-0.2, 0) is 0 Å². The van der Waals surface area contributed by atoms with Crippen LogP contribution in [0, 0.1) is 13.8 Å². The molecule has 0 aliphatic rings. The maximum Gasteiger partial charge on any atom is 0.261 e. The summed E-state index contributed by atoms with van der Waals surface area (Å²) >= 11 is 1.51. The lowest BCUT2D eigenvalue weighted by Gasteiger charge is -1.94. The first-order valence-electron chi connectivity index (χ1n) is 5.22. The van der Waals surface area contributed by atoms with Crippen LogP contribution in [-0.4, -0.2) is 25.3 Å². The second kappa shape index (κ2) is 3.91. The lowest BCUT2D eigenvalue weighted by molar-refractivity contribution is 0.432. The molecule has 0 aliphatic carbocycles. The van der Waals surface area contributed by atoms with Crippen molar-refractivity contribution in [3.05, 3.63) is 16.8 Å². The Labute approximate surface area is 106 Å². The summed E-state index contributed by atoms with van der Waals surface area (Å²) in [5, 5.41) is 11.0. The highest BCUT2D eigenvalue weighted by Gasteiger charge is 2.19. The average molecular weight is 262 g/mol. The zero-order valence-electron chi connectivity index (χ0n) is 9.76. The fraction of sp³-hybridized carbons (Fsp3) is 0.200. The van der Waals surface area contributed by atoms with Gasteiger partial charge >= 0.3 is 0 Å². The molecule has 92 valence electrons. The van der Waals surface area contributed by atoms with Gasteiger partial charge in [0, 0.05) is 4.88 Å². The second-order valence-electron chi connectivity index (χ2n) is 3.78. The normalized spacial score (nSPS) is 11.0. The summed E-state index contributed by atoms with van der Waals surface area (Å²) in [6.45, 7) is 3.99. The van der Waals surface area contributed by atoms with Crippen LogP contribution < -0.4 is 5.73 Å². The van der Waals surface area contributed by atoms with E-state index < -0.39 is 0 Å². The van der Waals surface area contributed by atoms with E-state index in [0.717, 1.165) is 16.0 Å². The smallest absolute Gasteiger partial charge is 0.261 e. The number of nitrogens with one attached hydrogen (secondary N) is 1. The minimum Gasteiger partial charge on any atom is -0.390 e.